The van der Waals surface area contributed by atoms with Gasteiger partial charge in [0.25, 0.3) is 0 Å². The second-order valence-electron chi connectivity index (χ2n) is 6.07. The van der Waals surface area contributed by atoms with Gasteiger partial charge in [-0.05, 0) is 30.7 Å². The molecule has 1 aliphatic rings. The van der Waals surface area contributed by atoms with Gasteiger partial charge in [0.15, 0.2) is 5.96 Å². The molecule has 1 atom stereocenters. The Morgan fingerprint density at radius 3 is 2.74 bits per heavy atom. The molecule has 0 saturated carbocycles. The summed E-state index contributed by atoms with van der Waals surface area (Å²) >= 11 is 5.81. The second kappa shape index (κ2) is 10.5. The first-order chi connectivity index (χ1) is 12.7. The number of anilines is 1. The molecule has 0 bridgehead atoms. The van der Waals surface area contributed by atoms with E-state index in [9.17, 15) is 4.79 Å². The van der Waals surface area contributed by atoms with Crippen LogP contribution >= 0.6 is 35.6 Å². The number of aromatic nitrogens is 1. The molecule has 1 amide bonds. The summed E-state index contributed by atoms with van der Waals surface area (Å²) in [5.41, 5.74) is 1.90. The number of aliphatic imine (C=N–C) groups is 1. The first kappa shape index (κ1) is 21.4. The molecular weight excluding hydrogens is 477 g/mol. The molecule has 1 aliphatic heterocycles. The van der Waals surface area contributed by atoms with Crippen LogP contribution in [0.25, 0.3) is 0 Å². The van der Waals surface area contributed by atoms with Crippen molar-refractivity contribution < 1.29 is 4.79 Å². The number of hydrogen-bond donors (Lipinski definition) is 2. The van der Waals surface area contributed by atoms with Crippen LogP contribution in [0.4, 0.5) is 5.69 Å². The van der Waals surface area contributed by atoms with Crippen LogP contribution in [-0.4, -0.2) is 36.0 Å². The molecule has 0 aliphatic carbocycles. The van der Waals surface area contributed by atoms with Crippen molar-refractivity contribution in [1.82, 2.24) is 15.6 Å². The van der Waals surface area contributed by atoms with Crippen LogP contribution in [0.1, 0.15) is 18.9 Å². The van der Waals surface area contributed by atoms with E-state index in [1.165, 1.54) is 0 Å². The summed E-state index contributed by atoms with van der Waals surface area (Å²) in [5.74, 6) is 0.807. The summed E-state index contributed by atoms with van der Waals surface area (Å²) in [6.45, 7) is 3.86. The quantitative estimate of drug-likeness (QED) is 0.287. The Morgan fingerprint density at radius 1 is 1.30 bits per heavy atom. The standard InChI is InChI=1S/C19H22ClN5O.HI/c1-2-21-19(23-12-14-8-9-17(20)22-11-14)24-15-10-18(26)25(13-15)16-6-4-3-5-7-16;/h3-9,11,15H,2,10,12-13H2,1H3,(H2,21,23,24);1H. The lowest BCUT2D eigenvalue weighted by Gasteiger charge is -2.19. The van der Waals surface area contributed by atoms with Crippen molar-refractivity contribution >= 4 is 53.1 Å². The Labute approximate surface area is 181 Å². The first-order valence-electron chi connectivity index (χ1n) is 8.66. The lowest BCUT2D eigenvalue weighted by molar-refractivity contribution is -0.117. The molecule has 0 spiro atoms. The fraction of sp³-hybridized carbons (Fsp3) is 0.316. The molecule has 1 aromatic carbocycles. The fourth-order valence-corrected chi connectivity index (χ4v) is 2.96. The van der Waals surface area contributed by atoms with Gasteiger partial charge in [0.2, 0.25) is 5.91 Å². The number of carbonyl (C=O) groups excluding carboxylic acids is 1. The largest absolute Gasteiger partial charge is 0.357 e. The van der Waals surface area contributed by atoms with E-state index in [4.69, 9.17) is 11.6 Å². The van der Waals surface area contributed by atoms with Gasteiger partial charge in [0, 0.05) is 31.4 Å². The topological polar surface area (TPSA) is 69.6 Å². The summed E-state index contributed by atoms with van der Waals surface area (Å²) in [6, 6.07) is 13.4. The van der Waals surface area contributed by atoms with Crippen molar-refractivity contribution in [2.75, 3.05) is 18.0 Å². The molecule has 1 fully saturated rings. The molecule has 2 N–H and O–H groups in total. The smallest absolute Gasteiger partial charge is 0.229 e. The number of para-hydroxylation sites is 1. The molecule has 3 rings (SSSR count). The Morgan fingerprint density at radius 2 is 2.07 bits per heavy atom. The number of nitrogens with one attached hydrogen (secondary N) is 2. The maximum absolute atomic E-state index is 12.3. The third-order valence-corrected chi connectivity index (χ3v) is 4.31. The number of amides is 1. The van der Waals surface area contributed by atoms with E-state index < -0.39 is 0 Å². The van der Waals surface area contributed by atoms with Gasteiger partial charge in [0.05, 0.1) is 12.6 Å². The van der Waals surface area contributed by atoms with E-state index in [0.29, 0.717) is 30.6 Å². The highest BCUT2D eigenvalue weighted by molar-refractivity contribution is 14.0. The predicted octanol–water partition coefficient (Wildman–Crippen LogP) is 3.21. The molecule has 2 heterocycles. The Hall–Kier alpha value is -1.87. The molecule has 1 saturated heterocycles. The molecule has 0 radical (unpaired) electrons. The van der Waals surface area contributed by atoms with Gasteiger partial charge < -0.3 is 15.5 Å². The van der Waals surface area contributed by atoms with Gasteiger partial charge in [-0.2, -0.15) is 0 Å². The average Bonchev–Trinajstić information content (AvgIpc) is 3.02. The Bertz CT molecular complexity index is 769. The molecule has 2 aromatic rings. The zero-order valence-corrected chi connectivity index (χ0v) is 18.1. The van der Waals surface area contributed by atoms with Crippen LogP contribution in [0.3, 0.4) is 0 Å². The lowest BCUT2D eigenvalue weighted by Crippen LogP contribution is -2.44. The van der Waals surface area contributed by atoms with Crippen LogP contribution in [0.15, 0.2) is 53.7 Å². The first-order valence-corrected chi connectivity index (χ1v) is 9.04. The summed E-state index contributed by atoms with van der Waals surface area (Å²) in [7, 11) is 0. The van der Waals surface area contributed by atoms with Crippen LogP contribution in [0.2, 0.25) is 5.15 Å². The zero-order chi connectivity index (χ0) is 18.4. The van der Waals surface area contributed by atoms with E-state index >= 15 is 0 Å². The summed E-state index contributed by atoms with van der Waals surface area (Å²) in [5, 5.41) is 7.05. The van der Waals surface area contributed by atoms with Crippen molar-refractivity contribution in [2.24, 2.45) is 4.99 Å². The van der Waals surface area contributed by atoms with Gasteiger partial charge >= 0.3 is 0 Å². The highest BCUT2D eigenvalue weighted by Gasteiger charge is 2.30. The summed E-state index contributed by atoms with van der Waals surface area (Å²) < 4.78 is 0. The zero-order valence-electron chi connectivity index (χ0n) is 15.1. The number of rotatable bonds is 5. The minimum Gasteiger partial charge on any atom is -0.357 e. The molecule has 1 aromatic heterocycles. The predicted molar refractivity (Wildman–Crippen MR) is 120 cm³/mol. The van der Waals surface area contributed by atoms with Gasteiger partial charge in [0.1, 0.15) is 5.15 Å². The number of benzene rings is 1. The minimum atomic E-state index is 0. The van der Waals surface area contributed by atoms with Crippen molar-refractivity contribution in [3.8, 4) is 0 Å². The molecule has 8 heteroatoms. The second-order valence-corrected chi connectivity index (χ2v) is 6.46. The van der Waals surface area contributed by atoms with Crippen LogP contribution in [0.5, 0.6) is 0 Å². The van der Waals surface area contributed by atoms with Crippen LogP contribution in [0, 0.1) is 0 Å². The highest BCUT2D eigenvalue weighted by Crippen LogP contribution is 2.21. The van der Waals surface area contributed by atoms with Crippen molar-refractivity contribution in [1.29, 1.82) is 0 Å². The van der Waals surface area contributed by atoms with Crippen LogP contribution < -0.4 is 15.5 Å². The Balaban J connectivity index is 0.00000261. The van der Waals surface area contributed by atoms with E-state index in [-0.39, 0.29) is 35.9 Å². The minimum absolute atomic E-state index is 0. The average molecular weight is 500 g/mol. The third-order valence-electron chi connectivity index (χ3n) is 4.09. The maximum Gasteiger partial charge on any atom is 0.229 e. The maximum atomic E-state index is 12.3. The molecule has 27 heavy (non-hydrogen) atoms. The van der Waals surface area contributed by atoms with E-state index in [0.717, 1.165) is 17.8 Å². The number of guanidine groups is 1. The number of carbonyl (C=O) groups is 1. The number of nitrogens with zero attached hydrogens (tertiary/aromatic N) is 3. The third kappa shape index (κ3) is 6.07. The van der Waals surface area contributed by atoms with E-state index in [1.54, 1.807) is 12.3 Å². The number of halogens is 2. The fourth-order valence-electron chi connectivity index (χ4n) is 2.85. The number of pyridine rings is 1. The summed E-state index contributed by atoms with van der Waals surface area (Å²) in [6.07, 6.45) is 2.16. The van der Waals surface area contributed by atoms with E-state index in [1.807, 2.05) is 48.2 Å². The SMILES string of the molecule is CCNC(=NCc1ccc(Cl)nc1)NC1CC(=O)N(c2ccccc2)C1.I. The normalized spacial score (nSPS) is 16.8. The summed E-state index contributed by atoms with van der Waals surface area (Å²) in [4.78, 5) is 22.8. The molecular formula is C19H23ClIN5O. The van der Waals surface area contributed by atoms with Crippen LogP contribution in [-0.2, 0) is 11.3 Å². The van der Waals surface area contributed by atoms with Crippen molar-refractivity contribution in [2.45, 2.75) is 25.9 Å². The highest BCUT2D eigenvalue weighted by atomic mass is 127. The molecule has 144 valence electrons. The van der Waals surface area contributed by atoms with Gasteiger partial charge in [-0.25, -0.2) is 9.98 Å². The lowest BCUT2D eigenvalue weighted by atomic mass is 10.2. The van der Waals surface area contributed by atoms with Crippen molar-refractivity contribution in [3.05, 3.63) is 59.4 Å². The van der Waals surface area contributed by atoms with Crippen molar-refractivity contribution in [3.63, 3.8) is 0 Å². The molecule has 6 nitrogen and oxygen atoms in total. The molecule has 1 unspecified atom stereocenters. The van der Waals surface area contributed by atoms with Gasteiger partial charge in [-0.15, -0.1) is 24.0 Å². The monoisotopic (exact) mass is 499 g/mol. The van der Waals surface area contributed by atoms with E-state index in [2.05, 4.69) is 20.6 Å². The van der Waals surface area contributed by atoms with Gasteiger partial charge in [-0.1, -0.05) is 35.9 Å². The Kier molecular flexibility index (Phi) is 8.30. The van der Waals surface area contributed by atoms with Gasteiger partial charge in [-0.3, -0.25) is 4.79 Å². The number of hydrogen-bond acceptors (Lipinski definition) is 3.